The molecule has 0 aromatic heterocycles. The molecule has 0 atom stereocenters. The Morgan fingerprint density at radius 1 is 1.08 bits per heavy atom. The van der Waals surface area contributed by atoms with Gasteiger partial charge in [0.1, 0.15) is 5.69 Å². The molecule has 0 radical (unpaired) electrons. The topological polar surface area (TPSA) is 12.4 Å². The van der Waals surface area contributed by atoms with Crippen molar-refractivity contribution in [2.75, 3.05) is 0 Å². The van der Waals surface area contributed by atoms with Crippen LogP contribution in [0.25, 0.3) is 6.08 Å². The molecule has 0 heterocycles. The van der Waals surface area contributed by atoms with E-state index >= 15 is 0 Å². The lowest BCUT2D eigenvalue weighted by Gasteiger charge is -2.16. The highest BCUT2D eigenvalue weighted by Crippen LogP contribution is 2.27. The third-order valence-corrected chi connectivity index (χ3v) is 4.35. The number of halogens is 1. The van der Waals surface area contributed by atoms with Crippen molar-refractivity contribution in [1.29, 1.82) is 0 Å². The zero-order valence-corrected chi connectivity index (χ0v) is 14.9. The van der Waals surface area contributed by atoms with Crippen LogP contribution in [0.1, 0.15) is 48.4 Å². The van der Waals surface area contributed by atoms with E-state index in [-0.39, 0.29) is 5.69 Å². The molecule has 25 heavy (non-hydrogen) atoms. The molecular formula is C22H18FNS. The van der Waals surface area contributed by atoms with E-state index in [0.29, 0.717) is 5.56 Å². The molecule has 1 aliphatic rings. The Morgan fingerprint density at radius 3 is 2.56 bits per heavy atom. The van der Waals surface area contributed by atoms with E-state index in [4.69, 9.17) is 0 Å². The van der Waals surface area contributed by atoms with Crippen molar-refractivity contribution in [2.45, 2.75) is 32.6 Å². The average Bonchev–Trinajstić information content (AvgIpc) is 2.62. The molecule has 2 aromatic carbocycles. The van der Waals surface area contributed by atoms with E-state index in [1.54, 1.807) is 12.1 Å². The molecular weight excluding hydrogens is 329 g/mol. The largest absolute Gasteiger partial charge is 0.205 e. The molecule has 0 bridgehead atoms. The lowest BCUT2D eigenvalue weighted by atomic mass is 9.89. The van der Waals surface area contributed by atoms with Gasteiger partial charge in [-0.15, -0.1) is 0 Å². The van der Waals surface area contributed by atoms with Gasteiger partial charge in [0, 0.05) is 11.1 Å². The van der Waals surface area contributed by atoms with Gasteiger partial charge < -0.3 is 0 Å². The predicted octanol–water partition coefficient (Wildman–Crippen LogP) is 6.09. The van der Waals surface area contributed by atoms with Crippen LogP contribution in [-0.4, -0.2) is 5.16 Å². The summed E-state index contributed by atoms with van der Waals surface area (Å²) < 4.78 is 13.8. The van der Waals surface area contributed by atoms with Crippen LogP contribution < -0.4 is 0 Å². The van der Waals surface area contributed by atoms with Crippen molar-refractivity contribution >= 4 is 29.1 Å². The summed E-state index contributed by atoms with van der Waals surface area (Å²) >= 11 is 4.50. The first kappa shape index (κ1) is 17.3. The molecule has 1 aliphatic carbocycles. The highest BCUT2D eigenvalue weighted by atomic mass is 32.1. The van der Waals surface area contributed by atoms with Gasteiger partial charge in [0.2, 0.25) is 0 Å². The Labute approximate surface area is 153 Å². The Hall–Kier alpha value is -2.53. The van der Waals surface area contributed by atoms with Crippen molar-refractivity contribution in [3.63, 3.8) is 0 Å². The van der Waals surface area contributed by atoms with Crippen molar-refractivity contribution in [3.8, 4) is 11.8 Å². The molecule has 0 aliphatic heterocycles. The molecule has 124 valence electrons. The molecule has 1 nitrogen and oxygen atoms in total. The number of thiocarbonyl (C=S) groups is 1. The second-order valence-corrected chi connectivity index (χ2v) is 6.27. The predicted molar refractivity (Wildman–Crippen MR) is 105 cm³/mol. The lowest BCUT2D eigenvalue weighted by molar-refractivity contribution is 0.629. The zero-order chi connectivity index (χ0) is 17.6. The van der Waals surface area contributed by atoms with Gasteiger partial charge in [-0.05, 0) is 72.9 Å². The summed E-state index contributed by atoms with van der Waals surface area (Å²) in [5.74, 6) is 5.69. The average molecular weight is 347 g/mol. The Kier molecular flexibility index (Phi) is 5.56. The van der Waals surface area contributed by atoms with Crippen molar-refractivity contribution < 1.29 is 4.39 Å². The first-order valence-electron chi connectivity index (χ1n) is 8.41. The van der Waals surface area contributed by atoms with Crippen LogP contribution in [-0.2, 0) is 6.42 Å². The molecule has 3 heteroatoms. The zero-order valence-electron chi connectivity index (χ0n) is 14.1. The summed E-state index contributed by atoms with van der Waals surface area (Å²) in [4.78, 5) is 3.67. The standard InChI is InChI=1S/C22H18FNS/c1-2-3-16-6-9-20-13-17(7-10-19(20)12-16)4-5-18-8-11-22(24-15-25)21(23)14-18/h7-8,10-14H,2-3,6,9H2,1H3. The quantitative estimate of drug-likeness (QED) is 0.372. The van der Waals surface area contributed by atoms with Gasteiger partial charge in [0.25, 0.3) is 0 Å². The van der Waals surface area contributed by atoms with Crippen molar-refractivity contribution in [2.24, 2.45) is 4.99 Å². The molecule has 2 aromatic rings. The van der Waals surface area contributed by atoms with Gasteiger partial charge in [-0.25, -0.2) is 4.39 Å². The first-order valence-corrected chi connectivity index (χ1v) is 8.82. The Balaban J connectivity index is 1.83. The number of isothiocyanates is 1. The molecule has 0 saturated carbocycles. The molecule has 0 spiro atoms. The minimum absolute atomic E-state index is 0.184. The maximum absolute atomic E-state index is 13.8. The normalized spacial score (nSPS) is 12.3. The van der Waals surface area contributed by atoms with Crippen LogP contribution in [0.5, 0.6) is 0 Å². The van der Waals surface area contributed by atoms with E-state index in [1.807, 2.05) is 6.07 Å². The van der Waals surface area contributed by atoms with Crippen LogP contribution in [0.4, 0.5) is 10.1 Å². The van der Waals surface area contributed by atoms with E-state index < -0.39 is 5.82 Å². The summed E-state index contributed by atoms with van der Waals surface area (Å²) in [6.45, 7) is 2.21. The maximum atomic E-state index is 13.8. The minimum Gasteiger partial charge on any atom is -0.205 e. The molecule has 0 N–H and O–H groups in total. The number of aryl methyl sites for hydroxylation is 1. The monoisotopic (exact) mass is 347 g/mol. The molecule has 0 amide bonds. The number of benzene rings is 2. The van der Waals surface area contributed by atoms with Crippen LogP contribution in [0.2, 0.25) is 0 Å². The van der Waals surface area contributed by atoms with E-state index in [0.717, 1.165) is 18.4 Å². The fraction of sp³-hybridized carbons (Fsp3) is 0.227. The van der Waals surface area contributed by atoms with Gasteiger partial charge in [0.15, 0.2) is 5.82 Å². The molecule has 3 rings (SSSR count). The maximum Gasteiger partial charge on any atom is 0.150 e. The lowest BCUT2D eigenvalue weighted by Crippen LogP contribution is -1.99. The number of aliphatic imine (C=N–C) groups is 1. The van der Waals surface area contributed by atoms with Crippen LogP contribution in [0.3, 0.4) is 0 Å². The number of allylic oxidation sites excluding steroid dienone is 1. The van der Waals surface area contributed by atoms with Crippen molar-refractivity contribution in [3.05, 3.63) is 70.0 Å². The van der Waals surface area contributed by atoms with Gasteiger partial charge in [0.05, 0.1) is 5.16 Å². The summed E-state index contributed by atoms with van der Waals surface area (Å²) in [6, 6.07) is 11.0. The van der Waals surface area contributed by atoms with E-state index in [9.17, 15) is 4.39 Å². The highest BCUT2D eigenvalue weighted by molar-refractivity contribution is 7.78. The summed E-state index contributed by atoms with van der Waals surface area (Å²) in [5, 5.41) is 2.17. The number of hydrogen-bond donors (Lipinski definition) is 0. The van der Waals surface area contributed by atoms with Crippen LogP contribution in [0.15, 0.2) is 47.0 Å². The summed E-state index contributed by atoms with van der Waals surface area (Å²) in [7, 11) is 0. The molecule has 0 unspecified atom stereocenters. The highest BCUT2D eigenvalue weighted by Gasteiger charge is 2.10. The van der Waals surface area contributed by atoms with Gasteiger partial charge >= 0.3 is 0 Å². The number of fused-ring (bicyclic) bond motifs is 1. The second kappa shape index (κ2) is 8.03. The first-order chi connectivity index (χ1) is 12.2. The number of nitrogens with zero attached hydrogens (tertiary/aromatic N) is 1. The third kappa shape index (κ3) is 4.31. The smallest absolute Gasteiger partial charge is 0.150 e. The summed E-state index contributed by atoms with van der Waals surface area (Å²) in [5.41, 5.74) is 5.92. The van der Waals surface area contributed by atoms with Gasteiger partial charge in [-0.3, -0.25) is 0 Å². The SMILES string of the molecule is CCCC1=Cc2ccc(C#Cc3ccc(N=C=S)c(F)c3)cc2CC1. The number of hydrogen-bond acceptors (Lipinski definition) is 2. The fourth-order valence-electron chi connectivity index (χ4n) is 3.02. The van der Waals surface area contributed by atoms with Gasteiger partial charge in [-0.2, -0.15) is 4.99 Å². The number of rotatable bonds is 3. The Morgan fingerprint density at radius 2 is 1.84 bits per heavy atom. The van der Waals surface area contributed by atoms with E-state index in [2.05, 4.69) is 59.3 Å². The van der Waals surface area contributed by atoms with Crippen molar-refractivity contribution in [1.82, 2.24) is 0 Å². The van der Waals surface area contributed by atoms with E-state index in [1.165, 1.54) is 35.6 Å². The van der Waals surface area contributed by atoms with Crippen LogP contribution in [0, 0.1) is 17.7 Å². The molecule has 0 saturated heterocycles. The third-order valence-electron chi connectivity index (χ3n) is 4.25. The summed E-state index contributed by atoms with van der Waals surface area (Å²) in [6.07, 6.45) is 6.87. The van der Waals surface area contributed by atoms with Gasteiger partial charge in [-0.1, -0.05) is 42.9 Å². The second-order valence-electron chi connectivity index (χ2n) is 6.09. The fourth-order valence-corrected chi connectivity index (χ4v) is 3.11. The van der Waals surface area contributed by atoms with Crippen LogP contribution >= 0.6 is 12.2 Å². The minimum atomic E-state index is -0.441. The molecule has 0 fully saturated rings. The Bertz CT molecular complexity index is 940.